The smallest absolute Gasteiger partial charge is 0.191 e. The highest BCUT2D eigenvalue weighted by atomic mass is 32.1. The number of likely N-dealkylation sites (N-methyl/N-ethyl adjacent to an activating group) is 2. The van der Waals surface area contributed by atoms with Crippen molar-refractivity contribution in [1.82, 2.24) is 20.4 Å². The van der Waals surface area contributed by atoms with Crippen LogP contribution < -0.4 is 10.6 Å². The van der Waals surface area contributed by atoms with Gasteiger partial charge in [0.2, 0.25) is 0 Å². The number of rotatable bonds is 5. The van der Waals surface area contributed by atoms with Crippen LogP contribution >= 0.6 is 11.3 Å². The fraction of sp³-hybridized carbons (Fsp3) is 0.526. The number of aliphatic imine (C=N–C) groups is 1. The predicted octanol–water partition coefficient (Wildman–Crippen LogP) is 1.35. The number of fused-ring (bicyclic) bond motifs is 1. The average molecular weight is 376 g/mol. The summed E-state index contributed by atoms with van der Waals surface area (Å²) in [4.78, 5) is 9.99. The fourth-order valence-electron chi connectivity index (χ4n) is 3.22. The van der Waals surface area contributed by atoms with Crippen LogP contribution in [0.4, 0.5) is 0 Å². The molecule has 142 valence electrons. The molecule has 3 rings (SSSR count). The topological polar surface area (TPSA) is 63.1 Å². The molecule has 2 atom stereocenters. The van der Waals surface area contributed by atoms with E-state index in [0.29, 0.717) is 12.6 Å². The first-order chi connectivity index (χ1) is 12.6. The number of thiophene rings is 1. The number of aliphatic hydroxyl groups is 1. The Kier molecular flexibility index (Phi) is 6.48. The molecule has 2 heterocycles. The molecular formula is C19H29N5OS. The van der Waals surface area contributed by atoms with Gasteiger partial charge in [-0.2, -0.15) is 0 Å². The van der Waals surface area contributed by atoms with E-state index in [4.69, 9.17) is 0 Å². The summed E-state index contributed by atoms with van der Waals surface area (Å²) in [6.45, 7) is 4.51. The summed E-state index contributed by atoms with van der Waals surface area (Å²) in [5.74, 6) is 0.729. The van der Waals surface area contributed by atoms with Crippen LogP contribution in [0.2, 0.25) is 0 Å². The van der Waals surface area contributed by atoms with Crippen molar-refractivity contribution in [3.63, 3.8) is 0 Å². The molecule has 2 aromatic rings. The van der Waals surface area contributed by atoms with Crippen LogP contribution in [0, 0.1) is 0 Å². The minimum Gasteiger partial charge on any atom is -0.386 e. The first-order valence-electron chi connectivity index (χ1n) is 9.06. The molecule has 2 unspecified atom stereocenters. The van der Waals surface area contributed by atoms with Crippen LogP contribution in [0.15, 0.2) is 35.3 Å². The molecule has 1 fully saturated rings. The molecule has 6 nitrogen and oxygen atoms in total. The zero-order chi connectivity index (χ0) is 18.5. The molecule has 0 radical (unpaired) electrons. The molecule has 0 bridgehead atoms. The fourth-order valence-corrected chi connectivity index (χ4v) is 4.27. The summed E-state index contributed by atoms with van der Waals surface area (Å²) in [6, 6.07) is 10.7. The quantitative estimate of drug-likeness (QED) is 0.544. The zero-order valence-corrected chi connectivity index (χ0v) is 16.6. The van der Waals surface area contributed by atoms with Gasteiger partial charge in [-0.3, -0.25) is 9.89 Å². The van der Waals surface area contributed by atoms with E-state index in [2.05, 4.69) is 57.7 Å². The minimum atomic E-state index is -0.547. The van der Waals surface area contributed by atoms with Crippen LogP contribution in [0.5, 0.6) is 0 Å². The predicted molar refractivity (Wildman–Crippen MR) is 110 cm³/mol. The van der Waals surface area contributed by atoms with Crippen LogP contribution in [0.3, 0.4) is 0 Å². The van der Waals surface area contributed by atoms with Crippen molar-refractivity contribution < 1.29 is 5.11 Å². The maximum absolute atomic E-state index is 10.5. The zero-order valence-electron chi connectivity index (χ0n) is 15.8. The standard InChI is InChI=1S/C19H29N5OS/c1-20-19(21-11-15-13-23(2)8-9-24(15)3)22-12-16(25)18-10-14-6-4-5-7-17(14)26-18/h4-7,10,15-16,25H,8-9,11-13H2,1-3H3,(H2,20,21,22). The lowest BCUT2D eigenvalue weighted by Crippen LogP contribution is -2.55. The van der Waals surface area contributed by atoms with E-state index in [0.717, 1.165) is 37.0 Å². The van der Waals surface area contributed by atoms with Crippen molar-refractivity contribution in [3.05, 3.63) is 35.2 Å². The molecule has 3 N–H and O–H groups in total. The van der Waals surface area contributed by atoms with Gasteiger partial charge in [-0.05, 0) is 31.6 Å². The van der Waals surface area contributed by atoms with E-state index in [1.54, 1.807) is 18.4 Å². The van der Waals surface area contributed by atoms with Gasteiger partial charge in [-0.1, -0.05) is 18.2 Å². The molecule has 26 heavy (non-hydrogen) atoms. The van der Waals surface area contributed by atoms with Crippen LogP contribution in [0.1, 0.15) is 11.0 Å². The normalized spacial score (nSPS) is 21.1. The third-order valence-corrected chi connectivity index (χ3v) is 6.16. The van der Waals surface area contributed by atoms with Gasteiger partial charge in [-0.15, -0.1) is 11.3 Å². The Hall–Kier alpha value is -1.67. The van der Waals surface area contributed by atoms with Gasteiger partial charge in [-0.25, -0.2) is 0 Å². The number of hydrogen-bond acceptors (Lipinski definition) is 5. The minimum absolute atomic E-state index is 0.437. The third kappa shape index (κ3) is 4.73. The van der Waals surface area contributed by atoms with Gasteiger partial charge >= 0.3 is 0 Å². The van der Waals surface area contributed by atoms with E-state index >= 15 is 0 Å². The SMILES string of the molecule is CN=C(NCC(O)c1cc2ccccc2s1)NCC1CN(C)CCN1C. The Bertz CT molecular complexity index is 713. The van der Waals surface area contributed by atoms with Crippen LogP contribution in [-0.4, -0.2) is 80.8 Å². The molecule has 1 aromatic carbocycles. The van der Waals surface area contributed by atoms with Crippen LogP contribution in [0.25, 0.3) is 10.1 Å². The number of aliphatic hydroxyl groups excluding tert-OH is 1. The Morgan fingerprint density at radius 2 is 2.12 bits per heavy atom. The van der Waals surface area contributed by atoms with E-state index in [1.165, 1.54) is 10.1 Å². The van der Waals surface area contributed by atoms with E-state index in [-0.39, 0.29) is 0 Å². The van der Waals surface area contributed by atoms with Crippen molar-refractivity contribution >= 4 is 27.4 Å². The molecule has 0 amide bonds. The van der Waals surface area contributed by atoms with Crippen LogP contribution in [-0.2, 0) is 0 Å². The number of nitrogens with zero attached hydrogens (tertiary/aromatic N) is 3. The van der Waals surface area contributed by atoms with E-state index < -0.39 is 6.10 Å². The summed E-state index contributed by atoms with van der Waals surface area (Å²) in [6.07, 6.45) is -0.547. The Labute approximate surface area is 159 Å². The largest absolute Gasteiger partial charge is 0.386 e. The first kappa shape index (κ1) is 19.1. The van der Waals surface area contributed by atoms with Crippen molar-refractivity contribution in [2.75, 3.05) is 53.9 Å². The van der Waals surface area contributed by atoms with Gasteiger partial charge in [0.15, 0.2) is 5.96 Å². The highest BCUT2D eigenvalue weighted by Gasteiger charge is 2.22. The third-order valence-electron chi connectivity index (χ3n) is 4.94. The second kappa shape index (κ2) is 8.81. The van der Waals surface area contributed by atoms with Crippen molar-refractivity contribution in [2.45, 2.75) is 12.1 Å². The molecular weight excluding hydrogens is 346 g/mol. The molecule has 0 aliphatic carbocycles. The monoisotopic (exact) mass is 375 g/mol. The summed E-state index contributed by atoms with van der Waals surface area (Å²) in [7, 11) is 6.09. The van der Waals surface area contributed by atoms with Gasteiger partial charge in [0.25, 0.3) is 0 Å². The molecule has 1 aliphatic heterocycles. The summed E-state index contributed by atoms with van der Waals surface area (Å²) < 4.78 is 1.20. The lowest BCUT2D eigenvalue weighted by molar-refractivity contribution is 0.116. The van der Waals surface area contributed by atoms with Gasteiger partial charge in [0.1, 0.15) is 6.10 Å². The van der Waals surface area contributed by atoms with Gasteiger partial charge < -0.3 is 20.6 Å². The Balaban J connectivity index is 1.50. The molecule has 1 saturated heterocycles. The lowest BCUT2D eigenvalue weighted by Gasteiger charge is -2.37. The number of guanidine groups is 1. The number of benzene rings is 1. The number of piperazine rings is 1. The summed E-state index contributed by atoms with van der Waals surface area (Å²) in [5, 5.41) is 18.3. The van der Waals surface area contributed by atoms with E-state index in [1.807, 2.05) is 12.1 Å². The Morgan fingerprint density at radius 1 is 1.31 bits per heavy atom. The second-order valence-electron chi connectivity index (χ2n) is 6.93. The molecule has 0 spiro atoms. The molecule has 7 heteroatoms. The highest BCUT2D eigenvalue weighted by Crippen LogP contribution is 2.29. The molecule has 1 aliphatic rings. The average Bonchev–Trinajstić information content (AvgIpc) is 3.08. The van der Waals surface area contributed by atoms with Gasteiger partial charge in [0, 0.05) is 55.4 Å². The summed E-state index contributed by atoms with van der Waals surface area (Å²) in [5.41, 5.74) is 0. The van der Waals surface area contributed by atoms with Crippen molar-refractivity contribution in [2.24, 2.45) is 4.99 Å². The van der Waals surface area contributed by atoms with Gasteiger partial charge in [0.05, 0.1) is 0 Å². The highest BCUT2D eigenvalue weighted by molar-refractivity contribution is 7.19. The second-order valence-corrected chi connectivity index (χ2v) is 8.05. The Morgan fingerprint density at radius 3 is 2.88 bits per heavy atom. The first-order valence-corrected chi connectivity index (χ1v) is 9.88. The van der Waals surface area contributed by atoms with Crippen molar-refractivity contribution in [3.8, 4) is 0 Å². The van der Waals surface area contributed by atoms with Crippen molar-refractivity contribution in [1.29, 1.82) is 0 Å². The van der Waals surface area contributed by atoms with E-state index in [9.17, 15) is 5.11 Å². The number of hydrogen-bond donors (Lipinski definition) is 3. The molecule has 0 saturated carbocycles. The lowest BCUT2D eigenvalue weighted by atomic mass is 10.2. The number of nitrogens with one attached hydrogen (secondary N) is 2. The molecule has 1 aromatic heterocycles. The summed E-state index contributed by atoms with van der Waals surface area (Å²) >= 11 is 1.64. The maximum Gasteiger partial charge on any atom is 0.191 e. The maximum atomic E-state index is 10.5.